The second-order valence-corrected chi connectivity index (χ2v) is 6.76. The van der Waals surface area contributed by atoms with Gasteiger partial charge in [0.2, 0.25) is 0 Å². The number of carbonyl (C=O) groups excluding carboxylic acids is 1. The number of nitro groups is 1. The highest BCUT2D eigenvalue weighted by Crippen LogP contribution is 2.31. The first-order valence-electron chi connectivity index (χ1n) is 7.18. The normalized spacial score (nSPS) is 11.2. The van der Waals surface area contributed by atoms with Crippen LogP contribution in [0.15, 0.2) is 36.4 Å². The number of aromatic hydroxyl groups is 1. The van der Waals surface area contributed by atoms with E-state index in [0.717, 1.165) is 11.6 Å². The zero-order valence-electron chi connectivity index (χ0n) is 13.5. The van der Waals surface area contributed by atoms with Crippen molar-refractivity contribution in [3.63, 3.8) is 0 Å². The molecule has 0 heterocycles. The second-order valence-electron chi connectivity index (χ2n) is 6.36. The molecule has 24 heavy (non-hydrogen) atoms. The Morgan fingerprint density at radius 1 is 1.21 bits per heavy atom. The monoisotopic (exact) mass is 348 g/mol. The minimum absolute atomic E-state index is 0.0357. The number of phenolic OH excluding ortho intramolecular Hbond substituents is 1. The number of carbonyl (C=O) groups is 1. The number of nitrogens with one attached hydrogen (secondary N) is 1. The molecule has 2 rings (SSSR count). The van der Waals surface area contributed by atoms with E-state index in [4.69, 9.17) is 11.6 Å². The quantitative estimate of drug-likeness (QED) is 0.485. The number of phenols is 1. The van der Waals surface area contributed by atoms with Crippen LogP contribution in [0.4, 0.5) is 11.4 Å². The fourth-order valence-electron chi connectivity index (χ4n) is 2.09. The largest absolute Gasteiger partial charge is 0.506 e. The van der Waals surface area contributed by atoms with Gasteiger partial charge in [0.25, 0.3) is 11.6 Å². The molecule has 0 bridgehead atoms. The first-order chi connectivity index (χ1) is 11.1. The van der Waals surface area contributed by atoms with Crippen LogP contribution in [0.1, 0.15) is 36.7 Å². The zero-order chi connectivity index (χ0) is 18.1. The zero-order valence-corrected chi connectivity index (χ0v) is 14.2. The highest BCUT2D eigenvalue weighted by molar-refractivity contribution is 6.34. The molecule has 0 saturated heterocycles. The van der Waals surface area contributed by atoms with E-state index < -0.39 is 10.8 Å². The molecular weight excluding hydrogens is 332 g/mol. The van der Waals surface area contributed by atoms with Crippen molar-refractivity contribution in [3.05, 3.63) is 62.7 Å². The topological polar surface area (TPSA) is 92.5 Å². The van der Waals surface area contributed by atoms with Crippen molar-refractivity contribution >= 4 is 28.9 Å². The minimum atomic E-state index is -0.634. The lowest BCUT2D eigenvalue weighted by Gasteiger charge is -2.20. The molecular formula is C17H17ClN2O4. The van der Waals surface area contributed by atoms with Gasteiger partial charge in [0.15, 0.2) is 0 Å². The van der Waals surface area contributed by atoms with Gasteiger partial charge in [-0.2, -0.15) is 0 Å². The number of rotatable bonds is 3. The van der Waals surface area contributed by atoms with Gasteiger partial charge in [0, 0.05) is 12.1 Å². The SMILES string of the molecule is CC(C)(C)c1ccc(O)c(NC(=O)c2cc([N+](=O)[O-])ccc2Cl)c1. The average Bonchev–Trinajstić information content (AvgIpc) is 2.48. The number of benzene rings is 2. The van der Waals surface area contributed by atoms with Gasteiger partial charge in [-0.25, -0.2) is 0 Å². The molecule has 1 amide bonds. The summed E-state index contributed by atoms with van der Waals surface area (Å²) in [6.45, 7) is 6.01. The Labute approximate surface area is 144 Å². The highest BCUT2D eigenvalue weighted by atomic mass is 35.5. The molecule has 0 aromatic heterocycles. The van der Waals surface area contributed by atoms with Crippen LogP contribution in [0.2, 0.25) is 5.02 Å². The molecule has 0 saturated carbocycles. The number of nitrogens with zero attached hydrogens (tertiary/aromatic N) is 1. The summed E-state index contributed by atoms with van der Waals surface area (Å²) in [5, 5.41) is 23.4. The third-order valence-corrected chi connectivity index (χ3v) is 3.85. The number of anilines is 1. The Morgan fingerprint density at radius 3 is 2.46 bits per heavy atom. The summed E-state index contributed by atoms with van der Waals surface area (Å²) in [6.07, 6.45) is 0. The average molecular weight is 349 g/mol. The van der Waals surface area contributed by atoms with E-state index in [1.807, 2.05) is 20.8 Å². The van der Waals surface area contributed by atoms with Gasteiger partial charge in [-0.15, -0.1) is 0 Å². The van der Waals surface area contributed by atoms with Crippen molar-refractivity contribution in [2.24, 2.45) is 0 Å². The number of nitro benzene ring substituents is 1. The third kappa shape index (κ3) is 3.83. The molecule has 0 fully saturated rings. The molecule has 2 aromatic rings. The van der Waals surface area contributed by atoms with Crippen molar-refractivity contribution < 1.29 is 14.8 Å². The van der Waals surface area contributed by atoms with E-state index in [9.17, 15) is 20.0 Å². The van der Waals surface area contributed by atoms with Crippen molar-refractivity contribution in [3.8, 4) is 5.75 Å². The van der Waals surface area contributed by atoms with Gasteiger partial charge in [0.1, 0.15) is 5.75 Å². The third-order valence-electron chi connectivity index (χ3n) is 3.52. The maximum absolute atomic E-state index is 12.4. The Bertz CT molecular complexity index is 813. The summed E-state index contributed by atoms with van der Waals surface area (Å²) in [7, 11) is 0. The first kappa shape index (κ1) is 17.7. The number of hydrogen-bond acceptors (Lipinski definition) is 4. The standard InChI is InChI=1S/C17H17ClN2O4/c1-17(2,3)10-4-7-15(21)14(8-10)19-16(22)12-9-11(20(23)24)5-6-13(12)18/h4-9,21H,1-3H3,(H,19,22). The van der Waals surface area contributed by atoms with Crippen molar-refractivity contribution in [2.45, 2.75) is 26.2 Å². The Kier molecular flexibility index (Phi) is 4.80. The predicted octanol–water partition coefficient (Wildman–Crippen LogP) is 4.50. The number of amides is 1. The van der Waals surface area contributed by atoms with Gasteiger partial charge in [-0.05, 0) is 29.2 Å². The summed E-state index contributed by atoms with van der Waals surface area (Å²) in [6, 6.07) is 8.54. The van der Waals surface area contributed by atoms with Gasteiger partial charge < -0.3 is 10.4 Å². The van der Waals surface area contributed by atoms with E-state index in [-0.39, 0.29) is 33.1 Å². The fraction of sp³-hybridized carbons (Fsp3) is 0.235. The Morgan fingerprint density at radius 2 is 1.88 bits per heavy atom. The van der Waals surface area contributed by atoms with E-state index >= 15 is 0 Å². The number of halogens is 1. The first-order valence-corrected chi connectivity index (χ1v) is 7.56. The van der Waals surface area contributed by atoms with Crippen LogP contribution in [0.25, 0.3) is 0 Å². The molecule has 0 aliphatic rings. The van der Waals surface area contributed by atoms with Crippen LogP contribution < -0.4 is 5.32 Å². The lowest BCUT2D eigenvalue weighted by atomic mass is 9.87. The molecule has 0 radical (unpaired) electrons. The van der Waals surface area contributed by atoms with Crippen molar-refractivity contribution in [2.75, 3.05) is 5.32 Å². The van der Waals surface area contributed by atoms with E-state index in [1.165, 1.54) is 18.2 Å². The second kappa shape index (κ2) is 6.49. The van der Waals surface area contributed by atoms with E-state index in [0.29, 0.717) is 0 Å². The molecule has 6 nitrogen and oxygen atoms in total. The maximum atomic E-state index is 12.4. The molecule has 0 aliphatic heterocycles. The Hall–Kier alpha value is -2.60. The number of non-ortho nitro benzene ring substituents is 1. The van der Waals surface area contributed by atoms with Crippen LogP contribution in [0.3, 0.4) is 0 Å². The van der Waals surface area contributed by atoms with E-state index in [1.54, 1.807) is 12.1 Å². The lowest BCUT2D eigenvalue weighted by molar-refractivity contribution is -0.384. The molecule has 0 unspecified atom stereocenters. The molecule has 7 heteroatoms. The predicted molar refractivity (Wildman–Crippen MR) is 92.9 cm³/mol. The van der Waals surface area contributed by atoms with Crippen LogP contribution in [0, 0.1) is 10.1 Å². The van der Waals surface area contributed by atoms with Crippen LogP contribution in [-0.2, 0) is 5.41 Å². The minimum Gasteiger partial charge on any atom is -0.506 e. The highest BCUT2D eigenvalue weighted by Gasteiger charge is 2.19. The summed E-state index contributed by atoms with van der Waals surface area (Å²) in [5.74, 6) is -0.733. The summed E-state index contributed by atoms with van der Waals surface area (Å²) in [5.41, 5.74) is 0.690. The molecule has 0 aliphatic carbocycles. The van der Waals surface area contributed by atoms with E-state index in [2.05, 4.69) is 5.32 Å². The molecule has 2 N–H and O–H groups in total. The van der Waals surface area contributed by atoms with Gasteiger partial charge >= 0.3 is 0 Å². The smallest absolute Gasteiger partial charge is 0.270 e. The summed E-state index contributed by atoms with van der Waals surface area (Å²) >= 11 is 5.96. The molecule has 0 atom stereocenters. The summed E-state index contributed by atoms with van der Waals surface area (Å²) < 4.78 is 0. The van der Waals surface area contributed by atoms with Gasteiger partial charge in [0.05, 0.1) is 21.2 Å². The van der Waals surface area contributed by atoms with Crippen LogP contribution in [-0.4, -0.2) is 15.9 Å². The fourth-order valence-corrected chi connectivity index (χ4v) is 2.30. The van der Waals surface area contributed by atoms with Gasteiger partial charge in [-0.3, -0.25) is 14.9 Å². The van der Waals surface area contributed by atoms with Crippen LogP contribution >= 0.6 is 11.6 Å². The number of hydrogen-bond donors (Lipinski definition) is 2. The molecule has 126 valence electrons. The summed E-state index contributed by atoms with van der Waals surface area (Å²) in [4.78, 5) is 22.6. The van der Waals surface area contributed by atoms with Crippen molar-refractivity contribution in [1.29, 1.82) is 0 Å². The van der Waals surface area contributed by atoms with Crippen molar-refractivity contribution in [1.82, 2.24) is 0 Å². The van der Waals surface area contributed by atoms with Gasteiger partial charge in [-0.1, -0.05) is 38.4 Å². The lowest BCUT2D eigenvalue weighted by Crippen LogP contribution is -2.15. The van der Waals surface area contributed by atoms with Crippen LogP contribution in [0.5, 0.6) is 5.75 Å². The Balaban J connectivity index is 2.37. The maximum Gasteiger partial charge on any atom is 0.270 e. The molecule has 2 aromatic carbocycles. The molecule has 0 spiro atoms.